The molecule has 2 atom stereocenters. The lowest BCUT2D eigenvalue weighted by atomic mass is 9.96. The van der Waals surface area contributed by atoms with Gasteiger partial charge in [-0.05, 0) is 45.7 Å². The minimum atomic E-state index is 0.154. The predicted octanol–water partition coefficient (Wildman–Crippen LogP) is 8.54. The Balaban J connectivity index is 1.10. The summed E-state index contributed by atoms with van der Waals surface area (Å²) < 4.78 is 4.37. The molecular weight excluding hydrogens is 560 g/mol. The largest absolute Gasteiger partial charge is 0.232 e. The Labute approximate surface area is 270 Å². The van der Waals surface area contributed by atoms with Gasteiger partial charge in [-0.15, -0.1) is 0 Å². The molecule has 2 heterocycles. The van der Waals surface area contributed by atoms with Gasteiger partial charge in [0.25, 0.3) is 0 Å². The molecule has 0 N–H and O–H groups in total. The molecule has 0 radical (unpaired) electrons. The lowest BCUT2D eigenvalue weighted by molar-refractivity contribution is -0.566. The number of allylic oxidation sites excluding steroid dienone is 10. The average molecular weight is 595 g/mol. The van der Waals surface area contributed by atoms with Crippen LogP contribution in [0, 0.1) is 0 Å². The fourth-order valence-electron chi connectivity index (χ4n) is 6.59. The summed E-state index contributed by atoms with van der Waals surface area (Å²) in [6.07, 6.45) is 19.3. The van der Waals surface area contributed by atoms with E-state index in [9.17, 15) is 0 Å². The Hall–Kier alpha value is -5.74. The van der Waals surface area contributed by atoms with Crippen molar-refractivity contribution < 1.29 is 9.37 Å². The Kier molecular flexibility index (Phi) is 7.45. The summed E-state index contributed by atoms with van der Waals surface area (Å²) in [6.45, 7) is 0. The van der Waals surface area contributed by atoms with Crippen LogP contribution in [0.4, 0.5) is 0 Å². The summed E-state index contributed by atoms with van der Waals surface area (Å²) in [5.74, 6) is 0. The summed E-state index contributed by atoms with van der Waals surface area (Å²) in [4.78, 5) is 0. The van der Waals surface area contributed by atoms with Gasteiger partial charge in [0, 0.05) is 46.6 Å². The average Bonchev–Trinajstić information content (AvgIpc) is 3.80. The third kappa shape index (κ3) is 5.50. The van der Waals surface area contributed by atoms with Crippen molar-refractivity contribution in [3.63, 3.8) is 0 Å². The first-order valence-electron chi connectivity index (χ1n) is 15.9. The summed E-state index contributed by atoms with van der Waals surface area (Å²) >= 11 is 0. The van der Waals surface area contributed by atoms with E-state index in [0.717, 1.165) is 35.7 Å². The van der Waals surface area contributed by atoms with Crippen molar-refractivity contribution >= 4 is 22.8 Å². The van der Waals surface area contributed by atoms with Gasteiger partial charge in [0.05, 0.1) is 12.8 Å². The number of rotatable bonds is 4. The standard InChI is InChI=1S/C42H34N4/c1-5-13-33(14-6-1)39-29-41(35-17-9-3-10-18-35)45(43-39)37-25-21-31(22-26-37)32-23-27-38(28-24-32)46-42(36-19-11-4-12-20-36)30-40(44-46)34-15-7-2-8-16-34/h1-28,41-42H,29-30H2/q+2/t41-,42+. The summed E-state index contributed by atoms with van der Waals surface area (Å²) in [5.41, 5.74) is 11.6. The smallest absolute Gasteiger partial charge is 0.0766 e. The Morgan fingerprint density at radius 3 is 1.07 bits per heavy atom. The van der Waals surface area contributed by atoms with Crippen molar-refractivity contribution in [3.8, 4) is 0 Å². The van der Waals surface area contributed by atoms with Gasteiger partial charge in [-0.25, -0.2) is 0 Å². The third-order valence-electron chi connectivity index (χ3n) is 9.00. The van der Waals surface area contributed by atoms with Gasteiger partial charge in [-0.3, -0.25) is 0 Å². The maximum Gasteiger partial charge on any atom is 0.232 e. The van der Waals surface area contributed by atoms with Gasteiger partial charge < -0.3 is 0 Å². The van der Waals surface area contributed by atoms with Crippen LogP contribution in [0.15, 0.2) is 191 Å². The van der Waals surface area contributed by atoms with E-state index < -0.39 is 0 Å². The van der Waals surface area contributed by atoms with E-state index in [-0.39, 0.29) is 12.1 Å². The number of benzene rings is 4. The molecule has 4 nitrogen and oxygen atoms in total. The highest BCUT2D eigenvalue weighted by atomic mass is 15.4. The fourth-order valence-corrected chi connectivity index (χ4v) is 6.59. The highest BCUT2D eigenvalue weighted by Gasteiger charge is 2.37. The minimum absolute atomic E-state index is 0.154. The van der Waals surface area contributed by atoms with Crippen LogP contribution in [0.25, 0.3) is 0 Å². The molecule has 46 heavy (non-hydrogen) atoms. The summed E-state index contributed by atoms with van der Waals surface area (Å²) in [6, 6.07) is 42.7. The van der Waals surface area contributed by atoms with E-state index in [1.807, 2.05) is 0 Å². The molecule has 4 aromatic carbocycles. The van der Waals surface area contributed by atoms with E-state index in [1.54, 1.807) is 0 Å². The van der Waals surface area contributed by atoms with Crippen molar-refractivity contribution in [3.05, 3.63) is 203 Å². The molecule has 0 bridgehead atoms. The summed E-state index contributed by atoms with van der Waals surface area (Å²) in [5, 5.41) is 10.3. The molecule has 2 aliphatic heterocycles. The second-order valence-corrected chi connectivity index (χ2v) is 11.9. The number of hydrogen-bond acceptors (Lipinski definition) is 2. The maximum atomic E-state index is 5.14. The van der Waals surface area contributed by atoms with Gasteiger partial charge in [0.2, 0.25) is 23.5 Å². The topological polar surface area (TPSA) is 30.7 Å². The molecule has 220 valence electrons. The van der Waals surface area contributed by atoms with Crippen LogP contribution in [-0.4, -0.2) is 32.2 Å². The van der Waals surface area contributed by atoms with Crippen LogP contribution in [0.5, 0.6) is 0 Å². The zero-order valence-electron chi connectivity index (χ0n) is 25.5. The third-order valence-corrected chi connectivity index (χ3v) is 9.00. The van der Waals surface area contributed by atoms with E-state index in [1.165, 1.54) is 33.4 Å². The van der Waals surface area contributed by atoms with Crippen molar-refractivity contribution in [1.29, 1.82) is 0 Å². The quantitative estimate of drug-likeness (QED) is 0.212. The Morgan fingerprint density at radius 1 is 0.391 bits per heavy atom. The Morgan fingerprint density at radius 2 is 0.717 bits per heavy atom. The monoisotopic (exact) mass is 594 g/mol. The van der Waals surface area contributed by atoms with Gasteiger partial charge in [-0.1, -0.05) is 131 Å². The van der Waals surface area contributed by atoms with Crippen molar-refractivity contribution in [2.45, 2.75) is 24.9 Å². The van der Waals surface area contributed by atoms with Crippen LogP contribution >= 0.6 is 0 Å². The molecule has 4 aliphatic rings. The molecule has 0 spiro atoms. The first kappa shape index (κ1) is 27.8. The number of nitrogens with zero attached hydrogens (tertiary/aromatic N) is 4. The van der Waals surface area contributed by atoms with Gasteiger partial charge in [-0.2, -0.15) is 0 Å². The van der Waals surface area contributed by atoms with Crippen LogP contribution < -0.4 is 0 Å². The molecule has 0 amide bonds. The molecule has 0 saturated carbocycles. The van der Waals surface area contributed by atoms with Crippen LogP contribution in [0.3, 0.4) is 0 Å². The van der Waals surface area contributed by atoms with Crippen LogP contribution in [-0.2, 0) is 0 Å². The molecule has 0 fully saturated rings. The predicted molar refractivity (Wildman–Crippen MR) is 188 cm³/mol. The van der Waals surface area contributed by atoms with Crippen molar-refractivity contribution in [2.75, 3.05) is 0 Å². The van der Waals surface area contributed by atoms with E-state index in [4.69, 9.17) is 10.2 Å². The van der Waals surface area contributed by atoms with Gasteiger partial charge >= 0.3 is 0 Å². The second-order valence-electron chi connectivity index (χ2n) is 11.9. The number of hydrazone groups is 2. The Bertz CT molecular complexity index is 1870. The van der Waals surface area contributed by atoms with Crippen LogP contribution in [0.2, 0.25) is 0 Å². The highest BCUT2D eigenvalue weighted by Crippen LogP contribution is 2.32. The first-order valence-corrected chi connectivity index (χ1v) is 15.9. The maximum absolute atomic E-state index is 5.14. The van der Waals surface area contributed by atoms with Gasteiger partial charge in [0.1, 0.15) is 11.4 Å². The van der Waals surface area contributed by atoms with E-state index >= 15 is 0 Å². The molecule has 4 heteroatoms. The second kappa shape index (κ2) is 12.3. The zero-order chi connectivity index (χ0) is 30.7. The van der Waals surface area contributed by atoms with Crippen LogP contribution in [0.1, 0.15) is 47.2 Å². The molecule has 0 aromatic heterocycles. The number of hydrogen-bond donors (Lipinski definition) is 0. The zero-order valence-corrected chi connectivity index (χ0v) is 25.5. The molecule has 2 aliphatic carbocycles. The highest BCUT2D eigenvalue weighted by molar-refractivity contribution is 6.06. The SMILES string of the molecule is C1=CC(=[N+]2N=C(c3ccccc3)C[C@@H]2c2ccccc2)C=CC1=C1C=CC(=[N+]2N=C(c3ccccc3)C[C@H]2c2ccccc2)C=C1. The molecule has 0 saturated heterocycles. The molecule has 0 unspecified atom stereocenters. The molecule has 8 rings (SSSR count). The summed E-state index contributed by atoms with van der Waals surface area (Å²) in [7, 11) is 0. The fraction of sp³-hybridized carbons (Fsp3) is 0.0952. The lowest BCUT2D eigenvalue weighted by Crippen LogP contribution is -2.17. The molecule has 4 aromatic rings. The molecular formula is C42H34N4+2. The van der Waals surface area contributed by atoms with Crippen molar-refractivity contribution in [2.24, 2.45) is 10.2 Å². The minimum Gasteiger partial charge on any atom is -0.0766 e. The van der Waals surface area contributed by atoms with E-state index in [2.05, 4.69) is 179 Å². The lowest BCUT2D eigenvalue weighted by Gasteiger charge is -2.11. The normalized spacial score (nSPS) is 20.5. The first-order chi connectivity index (χ1) is 22.8. The van der Waals surface area contributed by atoms with Gasteiger partial charge in [0.15, 0.2) is 0 Å². The van der Waals surface area contributed by atoms with Crippen molar-refractivity contribution in [1.82, 2.24) is 0 Å². The van der Waals surface area contributed by atoms with E-state index in [0.29, 0.717) is 0 Å².